The second-order valence-electron chi connectivity index (χ2n) is 9.52. The van der Waals surface area contributed by atoms with Crippen LogP contribution in [0.4, 0.5) is 4.39 Å². The smallest absolute Gasteiger partial charge is 0.277 e. The van der Waals surface area contributed by atoms with Gasteiger partial charge in [0.15, 0.2) is 0 Å². The van der Waals surface area contributed by atoms with E-state index in [2.05, 4.69) is 11.5 Å². The number of amides is 1. The Hall–Kier alpha value is -2.79. The van der Waals surface area contributed by atoms with Gasteiger partial charge in [0.2, 0.25) is 5.91 Å². The fraction of sp³-hybridized carbons (Fsp3) is 0.423. The van der Waals surface area contributed by atoms with Crippen LogP contribution in [-0.4, -0.2) is 67.2 Å². The zero-order valence-corrected chi connectivity index (χ0v) is 21.5. The molecule has 194 valence electrons. The minimum Gasteiger partial charge on any atom is -0.484 e. The third kappa shape index (κ3) is 5.95. The number of halogens is 1. The predicted octanol–water partition coefficient (Wildman–Crippen LogP) is 2.53. The van der Waals surface area contributed by atoms with Crippen molar-refractivity contribution in [1.29, 1.82) is 0 Å². The van der Waals surface area contributed by atoms with Crippen LogP contribution < -0.4 is 9.88 Å². The Balaban J connectivity index is 1.56. The Bertz CT molecular complexity index is 1250. The second kappa shape index (κ2) is 10.7. The first-order chi connectivity index (χ1) is 17.0. The summed E-state index contributed by atoms with van der Waals surface area (Å²) in [7, 11) is -3.78. The van der Waals surface area contributed by atoms with E-state index < -0.39 is 16.3 Å². The molecule has 0 aliphatic carbocycles. The molecule has 1 saturated heterocycles. The van der Waals surface area contributed by atoms with Crippen LogP contribution in [0.2, 0.25) is 0 Å². The van der Waals surface area contributed by atoms with Crippen LogP contribution in [0.25, 0.3) is 0 Å². The molecule has 0 bridgehead atoms. The van der Waals surface area contributed by atoms with Crippen LogP contribution in [0.3, 0.4) is 0 Å². The van der Waals surface area contributed by atoms with Crippen molar-refractivity contribution in [1.82, 2.24) is 14.1 Å². The lowest BCUT2D eigenvalue weighted by Gasteiger charge is -2.40. The molecule has 1 amide bonds. The highest BCUT2D eigenvalue weighted by molar-refractivity contribution is 7.86. The number of benzene rings is 2. The fourth-order valence-electron chi connectivity index (χ4n) is 4.86. The van der Waals surface area contributed by atoms with Crippen molar-refractivity contribution in [3.63, 3.8) is 0 Å². The highest BCUT2D eigenvalue weighted by atomic mass is 32.2. The Labute approximate surface area is 212 Å². The summed E-state index contributed by atoms with van der Waals surface area (Å²) >= 11 is 0. The number of aryl methyl sites for hydroxylation is 1. The molecule has 2 atom stereocenters. The first kappa shape index (κ1) is 26.3. The molecule has 0 spiro atoms. The number of hydrogen-bond donors (Lipinski definition) is 1. The standard InChI is InChI=1S/C26H33FN4O4S/c1-4-26(32)31-12-11-29(15-19(31)3)17-25(21-6-5-18(2)24(27)14-21)35-23-8-7-20-9-10-30(36(28,33)34)16-22(20)13-23/h4-8,13-14,19,25H,1,9-12,15-17H2,2-3H3,(H2,28,33,34)/t19-,25-/m1/s1. The quantitative estimate of drug-likeness (QED) is 0.571. The number of carbonyl (C=O) groups excluding carboxylic acids is 1. The summed E-state index contributed by atoms with van der Waals surface area (Å²) in [6, 6.07) is 10.8. The van der Waals surface area contributed by atoms with E-state index in [-0.39, 0.29) is 24.3 Å². The SMILES string of the molecule is C=CC(=O)N1CCN(C[C@@H](Oc2ccc3c(c2)CN(S(N)(=O)=O)CC3)c2ccc(C)c(F)c2)C[C@H]1C. The summed E-state index contributed by atoms with van der Waals surface area (Å²) in [5, 5.41) is 5.34. The van der Waals surface area contributed by atoms with Gasteiger partial charge in [-0.3, -0.25) is 9.69 Å². The Morgan fingerprint density at radius 3 is 2.67 bits per heavy atom. The molecule has 1 fully saturated rings. The molecule has 2 aromatic rings. The van der Waals surface area contributed by atoms with Crippen LogP contribution in [0.1, 0.15) is 35.3 Å². The summed E-state index contributed by atoms with van der Waals surface area (Å²) in [6.45, 7) is 10.2. The van der Waals surface area contributed by atoms with E-state index in [1.54, 1.807) is 17.9 Å². The van der Waals surface area contributed by atoms with Gasteiger partial charge in [-0.2, -0.15) is 12.7 Å². The van der Waals surface area contributed by atoms with Gasteiger partial charge in [0.1, 0.15) is 17.7 Å². The van der Waals surface area contributed by atoms with Gasteiger partial charge in [-0.25, -0.2) is 9.53 Å². The summed E-state index contributed by atoms with van der Waals surface area (Å²) in [6.07, 6.45) is 1.44. The van der Waals surface area contributed by atoms with Gasteiger partial charge in [-0.1, -0.05) is 24.8 Å². The van der Waals surface area contributed by atoms with Crippen molar-refractivity contribution in [2.75, 3.05) is 32.7 Å². The van der Waals surface area contributed by atoms with E-state index >= 15 is 0 Å². The molecule has 2 aliphatic rings. The number of nitrogens with zero attached hydrogens (tertiary/aromatic N) is 3. The third-order valence-electron chi connectivity index (χ3n) is 6.95. The van der Waals surface area contributed by atoms with Gasteiger partial charge >= 0.3 is 0 Å². The minimum atomic E-state index is -3.78. The van der Waals surface area contributed by atoms with Gasteiger partial charge in [-0.05, 0) is 66.8 Å². The van der Waals surface area contributed by atoms with Crippen molar-refractivity contribution in [3.8, 4) is 5.75 Å². The topological polar surface area (TPSA) is 96.2 Å². The minimum absolute atomic E-state index is 0.00703. The molecule has 10 heteroatoms. The Morgan fingerprint density at radius 2 is 2.00 bits per heavy atom. The molecule has 0 aromatic heterocycles. The van der Waals surface area contributed by atoms with Crippen molar-refractivity contribution in [2.45, 2.75) is 39.0 Å². The number of rotatable bonds is 7. The first-order valence-electron chi connectivity index (χ1n) is 12.0. The average molecular weight is 517 g/mol. The molecular formula is C26H33FN4O4S. The summed E-state index contributed by atoms with van der Waals surface area (Å²) < 4.78 is 45.8. The second-order valence-corrected chi connectivity index (χ2v) is 11.1. The maximum absolute atomic E-state index is 14.5. The average Bonchev–Trinajstić information content (AvgIpc) is 2.84. The monoisotopic (exact) mass is 516 g/mol. The van der Waals surface area contributed by atoms with E-state index in [1.165, 1.54) is 16.4 Å². The van der Waals surface area contributed by atoms with Gasteiger partial charge in [-0.15, -0.1) is 0 Å². The highest BCUT2D eigenvalue weighted by Crippen LogP contribution is 2.30. The van der Waals surface area contributed by atoms with Crippen LogP contribution in [0, 0.1) is 12.7 Å². The molecule has 36 heavy (non-hydrogen) atoms. The maximum atomic E-state index is 14.5. The normalized spacial score (nSPS) is 20.0. The molecule has 0 radical (unpaired) electrons. The predicted molar refractivity (Wildman–Crippen MR) is 136 cm³/mol. The van der Waals surface area contributed by atoms with Crippen molar-refractivity contribution >= 4 is 16.1 Å². The number of piperazine rings is 1. The lowest BCUT2D eigenvalue weighted by atomic mass is 10.0. The van der Waals surface area contributed by atoms with E-state index in [1.807, 2.05) is 31.2 Å². The van der Waals surface area contributed by atoms with Crippen LogP contribution in [0.5, 0.6) is 5.75 Å². The van der Waals surface area contributed by atoms with Crippen LogP contribution in [-0.2, 0) is 28.0 Å². The van der Waals surface area contributed by atoms with Crippen LogP contribution >= 0.6 is 0 Å². The fourth-order valence-corrected chi connectivity index (χ4v) is 5.53. The number of carbonyl (C=O) groups is 1. The molecule has 2 N–H and O–H groups in total. The van der Waals surface area contributed by atoms with Gasteiger partial charge in [0.25, 0.3) is 10.2 Å². The molecule has 4 rings (SSSR count). The molecule has 2 aromatic carbocycles. The number of fused-ring (bicyclic) bond motifs is 1. The molecule has 0 unspecified atom stereocenters. The maximum Gasteiger partial charge on any atom is 0.277 e. The lowest BCUT2D eigenvalue weighted by molar-refractivity contribution is -0.130. The molecule has 8 nitrogen and oxygen atoms in total. The van der Waals surface area contributed by atoms with Gasteiger partial charge < -0.3 is 9.64 Å². The lowest BCUT2D eigenvalue weighted by Crippen LogP contribution is -2.54. The zero-order chi connectivity index (χ0) is 26.0. The summed E-state index contributed by atoms with van der Waals surface area (Å²) in [4.78, 5) is 16.1. The van der Waals surface area contributed by atoms with E-state index in [0.29, 0.717) is 56.0 Å². The van der Waals surface area contributed by atoms with E-state index in [0.717, 1.165) is 11.1 Å². The Kier molecular flexibility index (Phi) is 7.79. The van der Waals surface area contributed by atoms with E-state index in [4.69, 9.17) is 9.88 Å². The summed E-state index contributed by atoms with van der Waals surface area (Å²) in [5.41, 5.74) is 3.16. The Morgan fingerprint density at radius 1 is 1.22 bits per heavy atom. The number of ether oxygens (including phenoxy) is 1. The number of nitrogens with two attached hydrogens (primary N) is 1. The molecule has 2 heterocycles. The van der Waals surface area contributed by atoms with Crippen molar-refractivity contribution in [3.05, 3.63) is 77.1 Å². The van der Waals surface area contributed by atoms with E-state index in [9.17, 15) is 17.6 Å². The van der Waals surface area contributed by atoms with Gasteiger partial charge in [0.05, 0.1) is 0 Å². The molecule has 0 saturated carbocycles. The third-order valence-corrected chi connectivity index (χ3v) is 7.99. The number of hydrogen-bond acceptors (Lipinski definition) is 5. The molecular weight excluding hydrogens is 483 g/mol. The summed E-state index contributed by atoms with van der Waals surface area (Å²) in [5.74, 6) is 0.188. The molecule has 2 aliphatic heterocycles. The highest BCUT2D eigenvalue weighted by Gasteiger charge is 2.29. The van der Waals surface area contributed by atoms with Crippen molar-refractivity contribution in [2.24, 2.45) is 5.14 Å². The largest absolute Gasteiger partial charge is 0.484 e. The zero-order valence-electron chi connectivity index (χ0n) is 20.7. The van der Waals surface area contributed by atoms with Crippen molar-refractivity contribution < 1.29 is 22.3 Å². The van der Waals surface area contributed by atoms with Crippen LogP contribution in [0.15, 0.2) is 49.1 Å². The first-order valence-corrected chi connectivity index (χ1v) is 13.5. The van der Waals surface area contributed by atoms with Gasteiger partial charge in [0, 0.05) is 45.3 Å².